The molecule has 0 radical (unpaired) electrons. The molecule has 2 amide bonds. The number of carbonyl (C=O) groups is 2. The van der Waals surface area contributed by atoms with Crippen LogP contribution in [0.5, 0.6) is 0 Å². The van der Waals surface area contributed by atoms with Gasteiger partial charge < -0.3 is 9.80 Å². The molecular weight excluding hydrogens is 472 g/mol. The second-order valence-electron chi connectivity index (χ2n) is 10.2. The lowest BCUT2D eigenvalue weighted by Gasteiger charge is -2.34. The minimum Gasteiger partial charge on any atom is -0.340 e. The zero-order valence-electron chi connectivity index (χ0n) is 22.6. The highest BCUT2D eigenvalue weighted by molar-refractivity contribution is 5.77. The highest BCUT2D eigenvalue weighted by atomic mass is 16.2. The maximum Gasteiger partial charge on any atom is 0.222 e. The van der Waals surface area contributed by atoms with Crippen LogP contribution in [0.4, 0.5) is 0 Å². The van der Waals surface area contributed by atoms with Crippen molar-refractivity contribution >= 4 is 24.0 Å². The van der Waals surface area contributed by atoms with Crippen molar-refractivity contribution in [2.75, 3.05) is 65.4 Å². The molecule has 0 N–H and O–H groups in total. The third-order valence-electron chi connectivity index (χ3n) is 7.43. The van der Waals surface area contributed by atoms with E-state index >= 15 is 0 Å². The molecule has 2 fully saturated rings. The molecule has 0 saturated carbocycles. The van der Waals surface area contributed by atoms with E-state index in [-0.39, 0.29) is 11.8 Å². The summed E-state index contributed by atoms with van der Waals surface area (Å²) >= 11 is 0. The summed E-state index contributed by atoms with van der Waals surface area (Å²) in [6, 6.07) is 20.7. The van der Waals surface area contributed by atoms with Crippen molar-refractivity contribution < 1.29 is 9.59 Å². The number of hydrogen-bond acceptors (Lipinski definition) is 4. The Kier molecular flexibility index (Phi) is 11.2. The average Bonchev–Trinajstić information content (AvgIpc) is 2.97. The first kappa shape index (κ1) is 27.8. The largest absolute Gasteiger partial charge is 0.340 e. The van der Waals surface area contributed by atoms with Gasteiger partial charge >= 0.3 is 0 Å². The molecule has 0 aliphatic carbocycles. The number of piperazine rings is 2. The van der Waals surface area contributed by atoms with Crippen LogP contribution >= 0.6 is 0 Å². The molecule has 0 unspecified atom stereocenters. The maximum atomic E-state index is 12.7. The van der Waals surface area contributed by atoms with Gasteiger partial charge in [-0.3, -0.25) is 19.4 Å². The SMILES string of the molecule is O=C(CCCCC(=O)N1CCN(CC=Cc2ccccc2)CC1)N1CCN(CC=Cc2ccccc2)CC1. The smallest absolute Gasteiger partial charge is 0.222 e. The van der Waals surface area contributed by atoms with Crippen molar-refractivity contribution in [2.45, 2.75) is 25.7 Å². The molecule has 4 rings (SSSR count). The number of rotatable bonds is 11. The van der Waals surface area contributed by atoms with Crippen molar-refractivity contribution in [3.8, 4) is 0 Å². The first-order valence-corrected chi connectivity index (χ1v) is 14.1. The lowest BCUT2D eigenvalue weighted by molar-refractivity contribution is -0.134. The molecule has 0 bridgehead atoms. The van der Waals surface area contributed by atoms with Gasteiger partial charge in [0.25, 0.3) is 0 Å². The van der Waals surface area contributed by atoms with E-state index in [4.69, 9.17) is 0 Å². The number of benzene rings is 2. The number of amides is 2. The third-order valence-corrected chi connectivity index (χ3v) is 7.43. The van der Waals surface area contributed by atoms with Gasteiger partial charge in [0.05, 0.1) is 0 Å². The van der Waals surface area contributed by atoms with Gasteiger partial charge in [-0.25, -0.2) is 0 Å². The molecule has 2 saturated heterocycles. The van der Waals surface area contributed by atoms with Crippen LogP contribution in [0.3, 0.4) is 0 Å². The number of unbranched alkanes of at least 4 members (excludes halogenated alkanes) is 1. The summed E-state index contributed by atoms with van der Waals surface area (Å²) in [4.78, 5) is 34.1. The van der Waals surface area contributed by atoms with Crippen LogP contribution in [0.2, 0.25) is 0 Å². The van der Waals surface area contributed by atoms with Crippen LogP contribution in [0.25, 0.3) is 12.2 Å². The van der Waals surface area contributed by atoms with Gasteiger partial charge in [0.2, 0.25) is 11.8 Å². The molecule has 6 heteroatoms. The highest BCUT2D eigenvalue weighted by Gasteiger charge is 2.22. The molecule has 0 spiro atoms. The van der Waals surface area contributed by atoms with Gasteiger partial charge in [0, 0.05) is 78.3 Å². The van der Waals surface area contributed by atoms with Gasteiger partial charge in [-0.1, -0.05) is 85.0 Å². The Morgan fingerprint density at radius 1 is 0.553 bits per heavy atom. The topological polar surface area (TPSA) is 47.1 Å². The fourth-order valence-corrected chi connectivity index (χ4v) is 5.03. The number of hydrogen-bond donors (Lipinski definition) is 0. The summed E-state index contributed by atoms with van der Waals surface area (Å²) in [5, 5.41) is 0. The van der Waals surface area contributed by atoms with Crippen LogP contribution in [0, 0.1) is 0 Å². The molecule has 0 aromatic heterocycles. The van der Waals surface area contributed by atoms with Crippen LogP contribution < -0.4 is 0 Å². The summed E-state index contributed by atoms with van der Waals surface area (Å²) in [6.07, 6.45) is 11.4. The molecule has 2 aliphatic heterocycles. The van der Waals surface area contributed by atoms with E-state index in [0.717, 1.165) is 78.3 Å². The molecule has 2 aromatic rings. The first-order valence-electron chi connectivity index (χ1n) is 14.1. The lowest BCUT2D eigenvalue weighted by atomic mass is 10.1. The van der Waals surface area contributed by atoms with Crippen LogP contribution in [-0.4, -0.2) is 96.9 Å². The van der Waals surface area contributed by atoms with E-state index in [9.17, 15) is 9.59 Å². The Hall–Kier alpha value is -3.22. The molecule has 38 heavy (non-hydrogen) atoms. The van der Waals surface area contributed by atoms with E-state index in [1.54, 1.807) is 0 Å². The van der Waals surface area contributed by atoms with E-state index in [0.29, 0.717) is 12.8 Å². The maximum absolute atomic E-state index is 12.7. The Balaban J connectivity index is 1.04. The minimum atomic E-state index is 0.231. The van der Waals surface area contributed by atoms with E-state index in [1.807, 2.05) is 46.2 Å². The average molecular weight is 515 g/mol. The first-order chi connectivity index (χ1) is 18.7. The van der Waals surface area contributed by atoms with Crippen molar-refractivity contribution in [2.24, 2.45) is 0 Å². The standard InChI is InChI=1S/C32H42N4O2/c37-31(35-25-21-33(22-26-35)19-9-15-29-11-3-1-4-12-29)17-7-8-18-32(38)36-27-23-34(24-28-36)20-10-16-30-13-5-2-6-14-30/h1-6,9-16H,7-8,17-28H2. The Labute approximate surface area is 228 Å². The fraction of sp³-hybridized carbons (Fsp3) is 0.438. The lowest BCUT2D eigenvalue weighted by Crippen LogP contribution is -2.48. The second-order valence-corrected chi connectivity index (χ2v) is 10.2. The molecule has 0 atom stereocenters. The van der Waals surface area contributed by atoms with Crippen LogP contribution in [0.1, 0.15) is 36.8 Å². The second kappa shape index (κ2) is 15.3. The van der Waals surface area contributed by atoms with Crippen molar-refractivity contribution in [1.29, 1.82) is 0 Å². The molecule has 2 aliphatic rings. The van der Waals surface area contributed by atoms with Crippen molar-refractivity contribution in [1.82, 2.24) is 19.6 Å². The molecule has 2 heterocycles. The summed E-state index contributed by atoms with van der Waals surface area (Å²) in [6.45, 7) is 8.66. The summed E-state index contributed by atoms with van der Waals surface area (Å²) in [7, 11) is 0. The monoisotopic (exact) mass is 514 g/mol. The number of nitrogens with zero attached hydrogens (tertiary/aromatic N) is 4. The predicted molar refractivity (Wildman–Crippen MR) is 155 cm³/mol. The Morgan fingerprint density at radius 3 is 1.29 bits per heavy atom. The quantitative estimate of drug-likeness (QED) is 0.421. The van der Waals surface area contributed by atoms with Gasteiger partial charge in [-0.2, -0.15) is 0 Å². The van der Waals surface area contributed by atoms with E-state index in [1.165, 1.54) is 11.1 Å². The fourth-order valence-electron chi connectivity index (χ4n) is 5.03. The molecule has 2 aromatic carbocycles. The summed E-state index contributed by atoms with van der Waals surface area (Å²) in [5.41, 5.74) is 2.43. The normalized spacial score (nSPS) is 17.5. The third kappa shape index (κ3) is 9.26. The van der Waals surface area contributed by atoms with Gasteiger partial charge in [0.15, 0.2) is 0 Å². The molecule has 6 nitrogen and oxygen atoms in total. The Bertz CT molecular complexity index is 952. The van der Waals surface area contributed by atoms with Gasteiger partial charge in [0.1, 0.15) is 0 Å². The zero-order valence-corrected chi connectivity index (χ0v) is 22.6. The molecule has 202 valence electrons. The van der Waals surface area contributed by atoms with Crippen LogP contribution in [0.15, 0.2) is 72.8 Å². The van der Waals surface area contributed by atoms with Crippen molar-refractivity contribution in [3.63, 3.8) is 0 Å². The predicted octanol–water partition coefficient (Wildman–Crippen LogP) is 4.26. The Morgan fingerprint density at radius 2 is 0.921 bits per heavy atom. The molecular formula is C32H42N4O2. The van der Waals surface area contributed by atoms with Gasteiger partial charge in [-0.05, 0) is 24.0 Å². The summed E-state index contributed by atoms with van der Waals surface area (Å²) in [5.74, 6) is 0.461. The van der Waals surface area contributed by atoms with Crippen LogP contribution in [-0.2, 0) is 9.59 Å². The van der Waals surface area contributed by atoms with Gasteiger partial charge in [-0.15, -0.1) is 0 Å². The number of carbonyl (C=O) groups excluding carboxylic acids is 2. The minimum absolute atomic E-state index is 0.231. The highest BCUT2D eigenvalue weighted by Crippen LogP contribution is 2.11. The zero-order chi connectivity index (χ0) is 26.4. The summed E-state index contributed by atoms with van der Waals surface area (Å²) < 4.78 is 0. The van der Waals surface area contributed by atoms with E-state index < -0.39 is 0 Å². The van der Waals surface area contributed by atoms with Crippen molar-refractivity contribution in [3.05, 3.63) is 83.9 Å². The van der Waals surface area contributed by atoms with E-state index in [2.05, 4.69) is 58.4 Å².